The van der Waals surface area contributed by atoms with Crippen LogP contribution >= 0.6 is 0 Å². The molecule has 2 aliphatic rings. The van der Waals surface area contributed by atoms with Crippen molar-refractivity contribution in [2.45, 2.75) is 38.8 Å². The molecule has 3 atom stereocenters. The van der Waals surface area contributed by atoms with Crippen LogP contribution in [-0.2, 0) is 4.74 Å². The highest BCUT2D eigenvalue weighted by Gasteiger charge is 2.34. The van der Waals surface area contributed by atoms with Crippen molar-refractivity contribution in [2.24, 2.45) is 11.8 Å². The SMILES string of the molecule is COc1ccccc1-c1cnc2c(c1)C(=O)N([C@H](C)CO)C[C@@H](C)[C@H](CN(C)CC1CCOCC1)O2. The molecule has 0 bridgehead atoms. The van der Waals surface area contributed by atoms with Gasteiger partial charge in [0.05, 0.1) is 19.8 Å². The molecule has 2 aromatic rings. The Balaban J connectivity index is 1.64. The maximum atomic E-state index is 13.7. The fourth-order valence-corrected chi connectivity index (χ4v) is 5.10. The quantitative estimate of drug-likeness (QED) is 0.599. The van der Waals surface area contributed by atoms with Crippen LogP contribution < -0.4 is 9.47 Å². The number of fused-ring (bicyclic) bond motifs is 1. The molecule has 1 N–H and O–H groups in total. The Bertz CT molecular complexity index is 1030. The minimum atomic E-state index is -0.318. The molecule has 4 rings (SSSR count). The van der Waals surface area contributed by atoms with Crippen molar-refractivity contribution in [1.82, 2.24) is 14.8 Å². The Morgan fingerprint density at radius 2 is 1.97 bits per heavy atom. The van der Waals surface area contributed by atoms with E-state index in [-0.39, 0.29) is 30.6 Å². The number of aliphatic hydroxyl groups excluding tert-OH is 1. The van der Waals surface area contributed by atoms with Gasteiger partial charge in [0.2, 0.25) is 5.88 Å². The number of hydrogen-bond acceptors (Lipinski definition) is 7. The molecule has 1 fully saturated rings. The molecule has 3 heterocycles. The Morgan fingerprint density at radius 3 is 2.69 bits per heavy atom. The van der Waals surface area contributed by atoms with Crippen LogP contribution in [0.25, 0.3) is 11.1 Å². The lowest BCUT2D eigenvalue weighted by molar-refractivity contribution is 0.0254. The third kappa shape index (κ3) is 5.99. The molecule has 0 spiro atoms. The van der Waals surface area contributed by atoms with E-state index in [1.807, 2.05) is 37.3 Å². The van der Waals surface area contributed by atoms with Crippen LogP contribution in [0.15, 0.2) is 36.5 Å². The third-order valence-corrected chi connectivity index (χ3v) is 7.34. The molecule has 1 amide bonds. The van der Waals surface area contributed by atoms with Crippen molar-refractivity contribution in [3.63, 3.8) is 0 Å². The second-order valence-corrected chi connectivity index (χ2v) is 10.2. The molecule has 1 saturated heterocycles. The van der Waals surface area contributed by atoms with Crippen molar-refractivity contribution in [2.75, 3.05) is 53.6 Å². The summed E-state index contributed by atoms with van der Waals surface area (Å²) in [6, 6.07) is 9.18. The predicted molar refractivity (Wildman–Crippen MR) is 138 cm³/mol. The van der Waals surface area contributed by atoms with E-state index in [4.69, 9.17) is 14.2 Å². The van der Waals surface area contributed by atoms with Crippen LogP contribution in [0, 0.1) is 11.8 Å². The molecule has 36 heavy (non-hydrogen) atoms. The van der Waals surface area contributed by atoms with Crippen LogP contribution in [-0.4, -0.2) is 91.6 Å². The number of methoxy groups -OCH3 is 1. The number of aromatic nitrogens is 1. The van der Waals surface area contributed by atoms with Crippen molar-refractivity contribution in [3.8, 4) is 22.8 Å². The van der Waals surface area contributed by atoms with Crippen LogP contribution in [0.1, 0.15) is 37.0 Å². The first-order valence-corrected chi connectivity index (χ1v) is 12.9. The number of ether oxygens (including phenoxy) is 3. The Labute approximate surface area is 214 Å². The average Bonchev–Trinajstić information content (AvgIpc) is 2.90. The zero-order valence-electron chi connectivity index (χ0n) is 21.9. The second kappa shape index (κ2) is 12.0. The summed E-state index contributed by atoms with van der Waals surface area (Å²) >= 11 is 0. The number of carbonyl (C=O) groups is 1. The van der Waals surface area contributed by atoms with E-state index < -0.39 is 0 Å². The maximum absolute atomic E-state index is 13.7. The lowest BCUT2D eigenvalue weighted by Crippen LogP contribution is -2.50. The Hall–Kier alpha value is -2.68. The lowest BCUT2D eigenvalue weighted by atomic mass is 9.97. The first kappa shape index (κ1) is 26.4. The summed E-state index contributed by atoms with van der Waals surface area (Å²) in [6.07, 6.45) is 3.74. The number of carbonyl (C=O) groups excluding carboxylic acids is 1. The van der Waals surface area contributed by atoms with Gasteiger partial charge in [-0.15, -0.1) is 0 Å². The molecule has 8 heteroatoms. The fourth-order valence-electron chi connectivity index (χ4n) is 5.10. The lowest BCUT2D eigenvalue weighted by Gasteiger charge is -2.38. The van der Waals surface area contributed by atoms with E-state index in [2.05, 4.69) is 23.9 Å². The Morgan fingerprint density at radius 1 is 1.22 bits per heavy atom. The van der Waals surface area contributed by atoms with Gasteiger partial charge in [-0.25, -0.2) is 4.98 Å². The van der Waals surface area contributed by atoms with Gasteiger partial charge < -0.3 is 29.1 Å². The number of likely N-dealkylation sites (N-methyl/N-ethyl adjacent to an activating group) is 1. The average molecular weight is 498 g/mol. The first-order valence-electron chi connectivity index (χ1n) is 12.9. The van der Waals surface area contributed by atoms with Gasteiger partial charge in [-0.3, -0.25) is 4.79 Å². The molecule has 8 nitrogen and oxygen atoms in total. The van der Waals surface area contributed by atoms with Gasteiger partial charge in [-0.1, -0.05) is 25.1 Å². The molecular formula is C28H39N3O5. The van der Waals surface area contributed by atoms with Crippen LogP contribution in [0.3, 0.4) is 0 Å². The van der Waals surface area contributed by atoms with Gasteiger partial charge in [0.1, 0.15) is 17.4 Å². The first-order chi connectivity index (χ1) is 17.4. The zero-order chi connectivity index (χ0) is 25.7. The van der Waals surface area contributed by atoms with Gasteiger partial charge in [-0.05, 0) is 44.9 Å². The van der Waals surface area contributed by atoms with Crippen molar-refractivity contribution in [1.29, 1.82) is 0 Å². The van der Waals surface area contributed by atoms with Gasteiger partial charge in [0.25, 0.3) is 5.91 Å². The fraction of sp³-hybridized carbons (Fsp3) is 0.571. The van der Waals surface area contributed by atoms with Gasteiger partial charge >= 0.3 is 0 Å². The monoisotopic (exact) mass is 497 g/mol. The minimum absolute atomic E-state index is 0.0592. The predicted octanol–water partition coefficient (Wildman–Crippen LogP) is 3.34. The van der Waals surface area contributed by atoms with Crippen LogP contribution in [0.5, 0.6) is 11.6 Å². The largest absolute Gasteiger partial charge is 0.496 e. The molecule has 0 aliphatic carbocycles. The number of rotatable bonds is 8. The van der Waals surface area contributed by atoms with Crippen molar-refractivity contribution in [3.05, 3.63) is 42.1 Å². The van der Waals surface area contributed by atoms with Gasteiger partial charge in [0, 0.05) is 56.1 Å². The number of pyridine rings is 1. The summed E-state index contributed by atoms with van der Waals surface area (Å²) in [7, 11) is 3.75. The van der Waals surface area contributed by atoms with Crippen LogP contribution in [0.2, 0.25) is 0 Å². The van der Waals surface area contributed by atoms with E-state index in [1.54, 1.807) is 18.2 Å². The van der Waals surface area contributed by atoms with E-state index in [0.717, 1.165) is 50.3 Å². The smallest absolute Gasteiger partial charge is 0.259 e. The highest BCUT2D eigenvalue weighted by Crippen LogP contribution is 2.34. The van der Waals surface area contributed by atoms with Crippen LogP contribution in [0.4, 0.5) is 0 Å². The molecule has 0 unspecified atom stereocenters. The standard InChI is InChI=1S/C28H39N3O5/c1-19-15-31(20(2)18-32)28(33)24-13-22(23-7-5-6-8-25(23)34-4)14-29-27(24)36-26(19)17-30(3)16-21-9-11-35-12-10-21/h5-8,13-14,19-21,26,32H,9-12,15-18H2,1-4H3/t19-,20-,26+/m1/s1. The summed E-state index contributed by atoms with van der Waals surface area (Å²) in [5.74, 6) is 1.54. The number of nitrogens with zero attached hydrogens (tertiary/aromatic N) is 3. The second-order valence-electron chi connectivity index (χ2n) is 10.2. The van der Waals surface area contributed by atoms with Gasteiger partial charge in [-0.2, -0.15) is 0 Å². The number of aliphatic hydroxyl groups is 1. The summed E-state index contributed by atoms with van der Waals surface area (Å²) in [4.78, 5) is 22.4. The zero-order valence-corrected chi connectivity index (χ0v) is 21.9. The maximum Gasteiger partial charge on any atom is 0.259 e. The molecular weight excluding hydrogens is 458 g/mol. The van der Waals surface area contributed by atoms with Gasteiger partial charge in [0.15, 0.2) is 0 Å². The highest BCUT2D eigenvalue weighted by molar-refractivity contribution is 5.98. The summed E-state index contributed by atoms with van der Waals surface area (Å²) in [6.45, 7) is 7.73. The van der Waals surface area contributed by atoms with E-state index in [0.29, 0.717) is 29.7 Å². The third-order valence-electron chi connectivity index (χ3n) is 7.34. The summed E-state index contributed by atoms with van der Waals surface area (Å²) in [5.41, 5.74) is 2.04. The highest BCUT2D eigenvalue weighted by atomic mass is 16.5. The number of para-hydroxylation sites is 1. The van der Waals surface area contributed by atoms with Crippen molar-refractivity contribution < 1.29 is 24.1 Å². The number of hydrogen-bond donors (Lipinski definition) is 1. The number of amides is 1. The van der Waals surface area contributed by atoms with E-state index in [9.17, 15) is 9.90 Å². The van der Waals surface area contributed by atoms with Crippen molar-refractivity contribution >= 4 is 5.91 Å². The molecule has 0 saturated carbocycles. The molecule has 0 radical (unpaired) electrons. The normalized spacial score (nSPS) is 21.9. The summed E-state index contributed by atoms with van der Waals surface area (Å²) < 4.78 is 17.5. The molecule has 196 valence electrons. The molecule has 1 aromatic carbocycles. The van der Waals surface area contributed by atoms with E-state index in [1.165, 1.54) is 0 Å². The topological polar surface area (TPSA) is 84.4 Å². The Kier molecular flexibility index (Phi) is 8.82. The minimum Gasteiger partial charge on any atom is -0.496 e. The van der Waals surface area contributed by atoms with E-state index >= 15 is 0 Å². The molecule has 2 aliphatic heterocycles. The number of benzene rings is 1. The molecule has 1 aromatic heterocycles. The summed E-state index contributed by atoms with van der Waals surface area (Å²) in [5, 5.41) is 9.92.